The van der Waals surface area contributed by atoms with Gasteiger partial charge in [0.15, 0.2) is 0 Å². The third-order valence-electron chi connectivity index (χ3n) is 5.57. The third kappa shape index (κ3) is 2.60. The second-order valence-electron chi connectivity index (χ2n) is 6.92. The molecular formula is C18H25NO3. The van der Waals surface area contributed by atoms with Gasteiger partial charge in [0, 0.05) is 25.0 Å². The van der Waals surface area contributed by atoms with Gasteiger partial charge in [0.25, 0.3) is 0 Å². The molecule has 22 heavy (non-hydrogen) atoms. The maximum atomic E-state index is 11.9. The van der Waals surface area contributed by atoms with Crippen molar-refractivity contribution in [3.8, 4) is 5.75 Å². The molecule has 1 heterocycles. The highest BCUT2D eigenvalue weighted by molar-refractivity contribution is 5.76. The van der Waals surface area contributed by atoms with Crippen LogP contribution in [0.2, 0.25) is 0 Å². The lowest BCUT2D eigenvalue weighted by molar-refractivity contribution is -0.148. The summed E-state index contributed by atoms with van der Waals surface area (Å²) in [6.45, 7) is 3.41. The number of carbonyl (C=O) groups is 1. The van der Waals surface area contributed by atoms with Gasteiger partial charge in [-0.2, -0.15) is 0 Å². The van der Waals surface area contributed by atoms with Gasteiger partial charge in [0.05, 0.1) is 12.5 Å². The summed E-state index contributed by atoms with van der Waals surface area (Å²) < 4.78 is 5.21. The zero-order chi connectivity index (χ0) is 15.7. The smallest absolute Gasteiger partial charge is 0.311 e. The van der Waals surface area contributed by atoms with Gasteiger partial charge in [0.2, 0.25) is 0 Å². The number of hydrogen-bond acceptors (Lipinski definition) is 3. The molecule has 120 valence electrons. The van der Waals surface area contributed by atoms with E-state index in [-0.39, 0.29) is 5.92 Å². The highest BCUT2D eigenvalue weighted by Crippen LogP contribution is 2.45. The number of rotatable bonds is 4. The van der Waals surface area contributed by atoms with Gasteiger partial charge in [-0.25, -0.2) is 0 Å². The Hall–Kier alpha value is -1.55. The van der Waals surface area contributed by atoms with Crippen molar-refractivity contribution in [1.29, 1.82) is 0 Å². The Morgan fingerprint density at radius 3 is 2.45 bits per heavy atom. The average Bonchev–Trinajstić information content (AvgIpc) is 3.15. The molecule has 2 atom stereocenters. The van der Waals surface area contributed by atoms with Gasteiger partial charge in [-0.15, -0.1) is 0 Å². The molecule has 4 heteroatoms. The molecule has 0 bridgehead atoms. The molecule has 2 fully saturated rings. The summed E-state index contributed by atoms with van der Waals surface area (Å²) in [4.78, 5) is 14.4. The first-order valence-electron chi connectivity index (χ1n) is 8.16. The minimum absolute atomic E-state index is 0.0384. The van der Waals surface area contributed by atoms with E-state index in [1.807, 2.05) is 31.2 Å². The van der Waals surface area contributed by atoms with E-state index in [0.29, 0.717) is 12.6 Å². The van der Waals surface area contributed by atoms with Crippen LogP contribution in [0.15, 0.2) is 24.3 Å². The molecule has 0 unspecified atom stereocenters. The van der Waals surface area contributed by atoms with E-state index in [9.17, 15) is 9.90 Å². The van der Waals surface area contributed by atoms with Crippen molar-refractivity contribution >= 4 is 5.97 Å². The molecule has 0 aromatic heterocycles. The van der Waals surface area contributed by atoms with Gasteiger partial charge in [0.1, 0.15) is 5.75 Å². The molecule has 1 aromatic rings. The quantitative estimate of drug-likeness (QED) is 0.928. The Balaban J connectivity index is 1.87. The summed E-state index contributed by atoms with van der Waals surface area (Å²) in [7, 11) is 1.65. The van der Waals surface area contributed by atoms with E-state index in [0.717, 1.165) is 17.9 Å². The van der Waals surface area contributed by atoms with Gasteiger partial charge >= 0.3 is 5.97 Å². The van der Waals surface area contributed by atoms with Crippen LogP contribution in [0.5, 0.6) is 5.75 Å². The fourth-order valence-electron chi connectivity index (χ4n) is 4.11. The van der Waals surface area contributed by atoms with E-state index in [1.54, 1.807) is 7.11 Å². The second-order valence-corrected chi connectivity index (χ2v) is 6.92. The summed E-state index contributed by atoms with van der Waals surface area (Å²) in [6, 6.07) is 8.46. The fraction of sp³-hybridized carbons (Fsp3) is 0.611. The molecule has 0 radical (unpaired) electrons. The molecule has 4 nitrogen and oxygen atoms in total. The monoisotopic (exact) mass is 303 g/mol. The van der Waals surface area contributed by atoms with Crippen LogP contribution in [-0.4, -0.2) is 42.2 Å². The summed E-state index contributed by atoms with van der Waals surface area (Å²) in [5, 5.41) is 9.81. The highest BCUT2D eigenvalue weighted by atomic mass is 16.5. The largest absolute Gasteiger partial charge is 0.497 e. The van der Waals surface area contributed by atoms with Gasteiger partial charge in [-0.3, -0.25) is 9.69 Å². The van der Waals surface area contributed by atoms with E-state index in [4.69, 9.17) is 4.74 Å². The van der Waals surface area contributed by atoms with Crippen LogP contribution < -0.4 is 4.74 Å². The van der Waals surface area contributed by atoms with Crippen LogP contribution in [0, 0.1) is 5.41 Å². The van der Waals surface area contributed by atoms with Crippen LogP contribution >= 0.6 is 0 Å². The Kier molecular flexibility index (Phi) is 4.13. The first kappa shape index (κ1) is 15.3. The van der Waals surface area contributed by atoms with Crippen LogP contribution in [0.1, 0.15) is 44.1 Å². The minimum atomic E-state index is -0.711. The van der Waals surface area contributed by atoms with Crippen molar-refractivity contribution < 1.29 is 14.6 Å². The number of methoxy groups -OCH3 is 1. The summed E-state index contributed by atoms with van der Waals surface area (Å²) in [6.07, 6.45) is 4.98. The molecular weight excluding hydrogens is 278 g/mol. The Bertz CT molecular complexity index is 536. The highest BCUT2D eigenvalue weighted by Gasteiger charge is 2.50. The number of likely N-dealkylation sites (tertiary alicyclic amines) is 1. The van der Waals surface area contributed by atoms with Crippen molar-refractivity contribution in [2.45, 2.75) is 44.6 Å². The SMILES string of the molecule is COc1ccc([C@@H]2CN(C3CCCC3)C[C@@]2(C)C(=O)O)cc1. The topological polar surface area (TPSA) is 49.8 Å². The first-order chi connectivity index (χ1) is 10.5. The number of benzene rings is 1. The van der Waals surface area contributed by atoms with Gasteiger partial charge in [-0.05, 0) is 37.5 Å². The summed E-state index contributed by atoms with van der Waals surface area (Å²) in [5.41, 5.74) is 0.392. The van der Waals surface area contributed by atoms with Crippen molar-refractivity contribution in [2.75, 3.05) is 20.2 Å². The predicted molar refractivity (Wildman–Crippen MR) is 85.3 cm³/mol. The van der Waals surface area contributed by atoms with Gasteiger partial charge in [-0.1, -0.05) is 25.0 Å². The van der Waals surface area contributed by atoms with Crippen LogP contribution in [-0.2, 0) is 4.79 Å². The lowest BCUT2D eigenvalue weighted by Gasteiger charge is -2.26. The average molecular weight is 303 g/mol. The zero-order valence-electron chi connectivity index (χ0n) is 13.4. The van der Waals surface area contributed by atoms with Crippen molar-refractivity contribution in [2.24, 2.45) is 5.41 Å². The van der Waals surface area contributed by atoms with Crippen LogP contribution in [0.3, 0.4) is 0 Å². The number of aliphatic carboxylic acids is 1. The lowest BCUT2D eigenvalue weighted by Crippen LogP contribution is -2.37. The van der Waals surface area contributed by atoms with Crippen molar-refractivity contribution in [3.05, 3.63) is 29.8 Å². The van der Waals surface area contributed by atoms with E-state index < -0.39 is 11.4 Å². The minimum Gasteiger partial charge on any atom is -0.497 e. The number of carboxylic acids is 1. The molecule has 2 aliphatic rings. The number of hydrogen-bond donors (Lipinski definition) is 1. The molecule has 1 N–H and O–H groups in total. The third-order valence-corrected chi connectivity index (χ3v) is 5.57. The second kappa shape index (κ2) is 5.92. The number of nitrogens with zero attached hydrogens (tertiary/aromatic N) is 1. The van der Waals surface area contributed by atoms with E-state index >= 15 is 0 Å². The maximum Gasteiger partial charge on any atom is 0.311 e. The first-order valence-corrected chi connectivity index (χ1v) is 8.16. The van der Waals surface area contributed by atoms with Crippen molar-refractivity contribution in [1.82, 2.24) is 4.90 Å². The zero-order valence-corrected chi connectivity index (χ0v) is 13.4. The molecule has 1 aliphatic heterocycles. The Labute approximate surface area is 132 Å². The normalized spacial score (nSPS) is 29.8. The van der Waals surface area contributed by atoms with Crippen molar-refractivity contribution in [3.63, 3.8) is 0 Å². The molecule has 1 aromatic carbocycles. The maximum absolute atomic E-state index is 11.9. The Morgan fingerprint density at radius 2 is 1.91 bits per heavy atom. The van der Waals surface area contributed by atoms with Crippen LogP contribution in [0.25, 0.3) is 0 Å². The summed E-state index contributed by atoms with van der Waals surface area (Å²) in [5.74, 6) is 0.164. The van der Waals surface area contributed by atoms with E-state index in [1.165, 1.54) is 25.7 Å². The fourth-order valence-corrected chi connectivity index (χ4v) is 4.11. The molecule has 0 amide bonds. The standard InChI is InChI=1S/C18H25NO3/c1-18(17(20)21)12-19(14-5-3-4-6-14)11-16(18)13-7-9-15(22-2)10-8-13/h7-10,14,16H,3-6,11-12H2,1-2H3,(H,20,21)/t16-,18+/m0/s1. The summed E-state index contributed by atoms with van der Waals surface area (Å²) >= 11 is 0. The lowest BCUT2D eigenvalue weighted by atomic mass is 9.76. The van der Waals surface area contributed by atoms with E-state index in [2.05, 4.69) is 4.90 Å². The molecule has 1 saturated heterocycles. The molecule has 3 rings (SSSR count). The molecule has 1 saturated carbocycles. The number of carboxylic acid groups (broad SMARTS) is 1. The predicted octanol–water partition coefficient (Wildman–Crippen LogP) is 3.13. The van der Waals surface area contributed by atoms with Gasteiger partial charge < -0.3 is 9.84 Å². The van der Waals surface area contributed by atoms with Crippen LogP contribution in [0.4, 0.5) is 0 Å². The molecule has 1 aliphatic carbocycles. The number of ether oxygens (including phenoxy) is 1. The Morgan fingerprint density at radius 1 is 1.27 bits per heavy atom. The molecule has 0 spiro atoms.